The smallest absolute Gasteiger partial charge is 0.260 e. The highest BCUT2D eigenvalue weighted by Crippen LogP contribution is 2.17. The van der Waals surface area contributed by atoms with Crippen molar-refractivity contribution < 1.29 is 14.3 Å². The fourth-order valence-corrected chi connectivity index (χ4v) is 2.07. The first kappa shape index (κ1) is 13.4. The van der Waals surface area contributed by atoms with Crippen LogP contribution in [-0.4, -0.2) is 36.4 Å². The molecule has 0 unspecified atom stereocenters. The number of benzene rings is 1. The van der Waals surface area contributed by atoms with E-state index in [1.807, 2.05) is 4.90 Å². The molecule has 2 rings (SSSR count). The minimum atomic E-state index is -0.134. The lowest BCUT2D eigenvalue weighted by atomic mass is 10.3. The molecule has 1 N–H and O–H groups in total. The molecule has 0 spiro atoms. The highest BCUT2D eigenvalue weighted by Gasteiger charge is 2.18. The molecule has 1 aliphatic heterocycles. The maximum atomic E-state index is 11.8. The molecule has 102 valence electrons. The van der Waals surface area contributed by atoms with E-state index in [-0.39, 0.29) is 18.4 Å². The number of nitrogens with one attached hydrogen (secondary N) is 1. The molecule has 0 bridgehead atoms. The van der Waals surface area contributed by atoms with Gasteiger partial charge in [0.25, 0.3) is 5.91 Å². The van der Waals surface area contributed by atoms with Crippen molar-refractivity contribution in [3.05, 3.63) is 24.3 Å². The summed E-state index contributed by atoms with van der Waals surface area (Å²) in [5, 5.41) is 2.67. The predicted molar refractivity (Wildman–Crippen MR) is 72.1 cm³/mol. The number of likely N-dealkylation sites (tertiary alicyclic amines) is 1. The average Bonchev–Trinajstić information content (AvgIpc) is 2.89. The van der Waals surface area contributed by atoms with Crippen molar-refractivity contribution in [1.29, 1.82) is 0 Å². The molecule has 1 heterocycles. The van der Waals surface area contributed by atoms with Gasteiger partial charge in [0.15, 0.2) is 6.61 Å². The van der Waals surface area contributed by atoms with Crippen LogP contribution in [0.15, 0.2) is 24.3 Å². The van der Waals surface area contributed by atoms with Crippen molar-refractivity contribution in [2.24, 2.45) is 0 Å². The Morgan fingerprint density at radius 1 is 1.32 bits per heavy atom. The molecule has 2 amide bonds. The van der Waals surface area contributed by atoms with Crippen LogP contribution in [0, 0.1) is 0 Å². The number of rotatable bonds is 4. The Morgan fingerprint density at radius 2 is 2.05 bits per heavy atom. The lowest BCUT2D eigenvalue weighted by molar-refractivity contribution is -0.132. The van der Waals surface area contributed by atoms with Crippen LogP contribution >= 0.6 is 0 Å². The third kappa shape index (κ3) is 3.98. The summed E-state index contributed by atoms with van der Waals surface area (Å²) in [5.41, 5.74) is 0.665. The zero-order chi connectivity index (χ0) is 13.7. The normalized spacial score (nSPS) is 14.3. The van der Waals surface area contributed by atoms with Crippen LogP contribution in [0.25, 0.3) is 0 Å². The minimum Gasteiger partial charge on any atom is -0.484 e. The lowest BCUT2D eigenvalue weighted by Gasteiger charge is -2.15. The van der Waals surface area contributed by atoms with Crippen LogP contribution in [0.2, 0.25) is 0 Å². The van der Waals surface area contributed by atoms with Gasteiger partial charge >= 0.3 is 0 Å². The van der Waals surface area contributed by atoms with E-state index < -0.39 is 0 Å². The summed E-state index contributed by atoms with van der Waals surface area (Å²) in [7, 11) is 0. The van der Waals surface area contributed by atoms with E-state index in [1.54, 1.807) is 24.3 Å². The van der Waals surface area contributed by atoms with Gasteiger partial charge in [-0.25, -0.2) is 0 Å². The highest BCUT2D eigenvalue weighted by molar-refractivity contribution is 5.88. The maximum absolute atomic E-state index is 11.8. The summed E-state index contributed by atoms with van der Waals surface area (Å²) in [4.78, 5) is 24.6. The quantitative estimate of drug-likeness (QED) is 0.897. The Kier molecular flexibility index (Phi) is 4.39. The zero-order valence-corrected chi connectivity index (χ0v) is 11.0. The van der Waals surface area contributed by atoms with Gasteiger partial charge in [-0.05, 0) is 25.0 Å². The van der Waals surface area contributed by atoms with E-state index in [4.69, 9.17) is 4.74 Å². The van der Waals surface area contributed by atoms with E-state index in [1.165, 1.54) is 6.92 Å². The SMILES string of the molecule is CC(=O)Nc1cccc(OCC(=O)N2CCCC2)c1. The van der Waals surface area contributed by atoms with Gasteiger partial charge in [-0.15, -0.1) is 0 Å². The summed E-state index contributed by atoms with van der Waals surface area (Å²) in [6.45, 7) is 3.15. The van der Waals surface area contributed by atoms with Crippen LogP contribution in [0.4, 0.5) is 5.69 Å². The van der Waals surface area contributed by atoms with Crippen molar-refractivity contribution in [2.45, 2.75) is 19.8 Å². The van der Waals surface area contributed by atoms with Gasteiger partial charge in [-0.1, -0.05) is 6.07 Å². The monoisotopic (exact) mass is 262 g/mol. The number of amides is 2. The molecule has 1 fully saturated rings. The Hall–Kier alpha value is -2.04. The molecule has 5 heteroatoms. The maximum Gasteiger partial charge on any atom is 0.260 e. The zero-order valence-electron chi connectivity index (χ0n) is 11.0. The first-order valence-corrected chi connectivity index (χ1v) is 6.43. The van der Waals surface area contributed by atoms with Gasteiger partial charge in [0.2, 0.25) is 5.91 Å². The van der Waals surface area contributed by atoms with Crippen LogP contribution in [-0.2, 0) is 9.59 Å². The second-order valence-corrected chi connectivity index (χ2v) is 4.59. The first-order valence-electron chi connectivity index (χ1n) is 6.43. The lowest BCUT2D eigenvalue weighted by Crippen LogP contribution is -2.32. The number of nitrogens with zero attached hydrogens (tertiary/aromatic N) is 1. The van der Waals surface area contributed by atoms with Crippen molar-refractivity contribution in [3.8, 4) is 5.75 Å². The van der Waals surface area contributed by atoms with E-state index in [0.29, 0.717) is 11.4 Å². The molecule has 1 aliphatic rings. The van der Waals surface area contributed by atoms with Crippen LogP contribution < -0.4 is 10.1 Å². The molecule has 1 aromatic rings. The molecule has 1 aromatic carbocycles. The van der Waals surface area contributed by atoms with Gasteiger partial charge in [0, 0.05) is 31.8 Å². The second-order valence-electron chi connectivity index (χ2n) is 4.59. The Labute approximate surface area is 112 Å². The summed E-state index contributed by atoms with van der Waals surface area (Å²) in [5.74, 6) is 0.464. The number of carbonyl (C=O) groups is 2. The molecule has 0 aliphatic carbocycles. The van der Waals surface area contributed by atoms with Gasteiger partial charge < -0.3 is 15.0 Å². The molecular formula is C14H18N2O3. The van der Waals surface area contributed by atoms with Crippen LogP contribution in [0.3, 0.4) is 0 Å². The third-order valence-corrected chi connectivity index (χ3v) is 2.98. The van der Waals surface area contributed by atoms with Gasteiger partial charge in [-0.3, -0.25) is 9.59 Å². The minimum absolute atomic E-state index is 0.0161. The predicted octanol–water partition coefficient (Wildman–Crippen LogP) is 1.65. The topological polar surface area (TPSA) is 58.6 Å². The van der Waals surface area contributed by atoms with Crippen molar-refractivity contribution >= 4 is 17.5 Å². The van der Waals surface area contributed by atoms with E-state index in [2.05, 4.69) is 5.32 Å². The van der Waals surface area contributed by atoms with Crippen molar-refractivity contribution in [2.75, 3.05) is 25.0 Å². The molecule has 19 heavy (non-hydrogen) atoms. The third-order valence-electron chi connectivity index (χ3n) is 2.98. The molecule has 0 aromatic heterocycles. The molecule has 0 saturated carbocycles. The van der Waals surface area contributed by atoms with Crippen LogP contribution in [0.5, 0.6) is 5.75 Å². The van der Waals surface area contributed by atoms with Crippen molar-refractivity contribution in [1.82, 2.24) is 4.90 Å². The van der Waals surface area contributed by atoms with E-state index in [9.17, 15) is 9.59 Å². The highest BCUT2D eigenvalue weighted by atomic mass is 16.5. The summed E-state index contributed by atoms with van der Waals surface area (Å²) < 4.78 is 5.46. The fraction of sp³-hybridized carbons (Fsp3) is 0.429. The first-order chi connectivity index (χ1) is 9.15. The Morgan fingerprint density at radius 3 is 2.74 bits per heavy atom. The van der Waals surface area contributed by atoms with E-state index >= 15 is 0 Å². The van der Waals surface area contributed by atoms with Gasteiger partial charge in [0.05, 0.1) is 0 Å². The fourth-order valence-electron chi connectivity index (χ4n) is 2.07. The number of ether oxygens (including phenoxy) is 1. The summed E-state index contributed by atoms with van der Waals surface area (Å²) in [6.07, 6.45) is 2.15. The number of carbonyl (C=O) groups excluding carboxylic acids is 2. The average molecular weight is 262 g/mol. The molecule has 1 saturated heterocycles. The molecule has 0 atom stereocenters. The summed E-state index contributed by atoms with van der Waals surface area (Å²) in [6, 6.07) is 7.03. The largest absolute Gasteiger partial charge is 0.484 e. The van der Waals surface area contributed by atoms with Crippen molar-refractivity contribution in [3.63, 3.8) is 0 Å². The standard InChI is InChI=1S/C14H18N2O3/c1-11(17)15-12-5-4-6-13(9-12)19-10-14(18)16-7-2-3-8-16/h4-6,9H,2-3,7-8,10H2,1H3,(H,15,17). The summed E-state index contributed by atoms with van der Waals surface area (Å²) >= 11 is 0. The Bertz CT molecular complexity index is 468. The number of anilines is 1. The Balaban J connectivity index is 1.88. The van der Waals surface area contributed by atoms with E-state index in [0.717, 1.165) is 25.9 Å². The molecule has 5 nitrogen and oxygen atoms in total. The number of hydrogen-bond acceptors (Lipinski definition) is 3. The molecular weight excluding hydrogens is 244 g/mol. The van der Waals surface area contributed by atoms with Crippen LogP contribution in [0.1, 0.15) is 19.8 Å². The van der Waals surface area contributed by atoms with Gasteiger partial charge in [0.1, 0.15) is 5.75 Å². The number of hydrogen-bond donors (Lipinski definition) is 1. The second kappa shape index (κ2) is 6.22. The molecule has 0 radical (unpaired) electrons. The van der Waals surface area contributed by atoms with Gasteiger partial charge in [-0.2, -0.15) is 0 Å².